The van der Waals surface area contributed by atoms with Gasteiger partial charge in [-0.2, -0.15) is 0 Å². The first-order chi connectivity index (χ1) is 10.1. The summed E-state index contributed by atoms with van der Waals surface area (Å²) in [5.74, 6) is 0.861. The molecule has 0 amide bonds. The highest BCUT2D eigenvalue weighted by Crippen LogP contribution is 2.17. The highest BCUT2D eigenvalue weighted by Gasteiger charge is 2.16. The lowest BCUT2D eigenvalue weighted by Gasteiger charge is -2.21. The van der Waals surface area contributed by atoms with Crippen LogP contribution in [0.4, 0.5) is 0 Å². The van der Waals surface area contributed by atoms with Crippen molar-refractivity contribution in [2.45, 2.75) is 31.9 Å². The van der Waals surface area contributed by atoms with Crippen molar-refractivity contribution in [3.8, 4) is 5.75 Å². The lowest BCUT2D eigenvalue weighted by molar-refractivity contribution is 0.200. The zero-order chi connectivity index (χ0) is 15.1. The maximum absolute atomic E-state index is 9.15. The van der Waals surface area contributed by atoms with Crippen molar-refractivity contribution >= 4 is 0 Å². The van der Waals surface area contributed by atoms with Crippen LogP contribution >= 0.6 is 0 Å². The van der Waals surface area contributed by atoms with Crippen LogP contribution in [0.15, 0.2) is 54.6 Å². The Labute approximate surface area is 126 Å². The van der Waals surface area contributed by atoms with Gasteiger partial charge >= 0.3 is 0 Å². The molecule has 0 aromatic heterocycles. The standard InChI is InChI=1S/C18H23NO2/c1-18(19,14-20)12-11-15-7-9-17(10-8-15)21-13-16-5-3-2-4-6-16/h2-10,20H,11-14,19H2,1H3. The van der Waals surface area contributed by atoms with Gasteiger partial charge in [-0.05, 0) is 43.0 Å². The van der Waals surface area contributed by atoms with Gasteiger partial charge in [-0.1, -0.05) is 42.5 Å². The molecule has 0 radical (unpaired) electrons. The third-order valence-corrected chi connectivity index (χ3v) is 3.52. The second-order valence-corrected chi connectivity index (χ2v) is 5.73. The molecule has 3 heteroatoms. The predicted molar refractivity (Wildman–Crippen MR) is 85.2 cm³/mol. The Kier molecular flexibility index (Phi) is 5.37. The van der Waals surface area contributed by atoms with Crippen LogP contribution in [-0.2, 0) is 13.0 Å². The predicted octanol–water partition coefficient (Wildman–Crippen LogP) is 2.91. The molecule has 0 aliphatic carbocycles. The lowest BCUT2D eigenvalue weighted by Crippen LogP contribution is -2.40. The van der Waals surface area contributed by atoms with Gasteiger partial charge in [0.2, 0.25) is 0 Å². The van der Waals surface area contributed by atoms with Gasteiger partial charge in [-0.3, -0.25) is 0 Å². The van der Waals surface area contributed by atoms with E-state index in [9.17, 15) is 0 Å². The Morgan fingerprint density at radius 2 is 1.67 bits per heavy atom. The molecule has 0 saturated carbocycles. The van der Waals surface area contributed by atoms with Gasteiger partial charge in [0.05, 0.1) is 6.61 Å². The molecule has 0 fully saturated rings. The average molecular weight is 285 g/mol. The van der Waals surface area contributed by atoms with Gasteiger partial charge in [0.25, 0.3) is 0 Å². The van der Waals surface area contributed by atoms with Gasteiger partial charge in [-0.25, -0.2) is 0 Å². The number of benzene rings is 2. The van der Waals surface area contributed by atoms with Gasteiger partial charge < -0.3 is 15.6 Å². The number of aliphatic hydroxyl groups excluding tert-OH is 1. The van der Waals surface area contributed by atoms with E-state index in [-0.39, 0.29) is 6.61 Å². The summed E-state index contributed by atoms with van der Waals surface area (Å²) in [6, 6.07) is 18.2. The van der Waals surface area contributed by atoms with E-state index in [1.54, 1.807) is 0 Å². The molecular formula is C18H23NO2. The third-order valence-electron chi connectivity index (χ3n) is 3.52. The summed E-state index contributed by atoms with van der Waals surface area (Å²) in [7, 11) is 0. The van der Waals surface area contributed by atoms with E-state index in [0.717, 1.165) is 24.2 Å². The lowest BCUT2D eigenvalue weighted by atomic mass is 9.95. The maximum Gasteiger partial charge on any atom is 0.119 e. The molecule has 3 N–H and O–H groups in total. The minimum Gasteiger partial charge on any atom is -0.489 e. The molecule has 0 bridgehead atoms. The number of aliphatic hydroxyl groups is 1. The van der Waals surface area contributed by atoms with Crippen molar-refractivity contribution in [2.24, 2.45) is 5.73 Å². The molecule has 0 aliphatic heterocycles. The fraction of sp³-hybridized carbons (Fsp3) is 0.333. The number of nitrogens with two attached hydrogens (primary N) is 1. The van der Waals surface area contributed by atoms with Crippen molar-refractivity contribution in [1.29, 1.82) is 0 Å². The number of aryl methyl sites for hydroxylation is 1. The zero-order valence-corrected chi connectivity index (χ0v) is 12.5. The third kappa shape index (κ3) is 5.21. The van der Waals surface area contributed by atoms with E-state index in [4.69, 9.17) is 15.6 Å². The van der Waals surface area contributed by atoms with Crippen LogP contribution in [0.2, 0.25) is 0 Å². The van der Waals surface area contributed by atoms with Crippen molar-refractivity contribution in [3.05, 3.63) is 65.7 Å². The summed E-state index contributed by atoms with van der Waals surface area (Å²) < 4.78 is 5.75. The van der Waals surface area contributed by atoms with Gasteiger partial charge in [0.15, 0.2) is 0 Å². The molecule has 2 aromatic rings. The molecular weight excluding hydrogens is 262 g/mol. The molecule has 0 saturated heterocycles. The van der Waals surface area contributed by atoms with Crippen molar-refractivity contribution in [2.75, 3.05) is 6.61 Å². The van der Waals surface area contributed by atoms with Crippen molar-refractivity contribution in [1.82, 2.24) is 0 Å². The minimum atomic E-state index is -0.511. The van der Waals surface area contributed by atoms with E-state index in [2.05, 4.69) is 0 Å². The fourth-order valence-electron chi connectivity index (χ4n) is 2.00. The minimum absolute atomic E-state index is 0.00523. The molecule has 1 unspecified atom stereocenters. The largest absolute Gasteiger partial charge is 0.489 e. The molecule has 1 atom stereocenters. The van der Waals surface area contributed by atoms with Crippen molar-refractivity contribution in [3.63, 3.8) is 0 Å². The molecule has 0 aliphatic rings. The Morgan fingerprint density at radius 1 is 1.00 bits per heavy atom. The Morgan fingerprint density at radius 3 is 2.29 bits per heavy atom. The Hall–Kier alpha value is -1.84. The first-order valence-electron chi connectivity index (χ1n) is 7.24. The van der Waals surface area contributed by atoms with Crippen LogP contribution in [0.25, 0.3) is 0 Å². The highest BCUT2D eigenvalue weighted by atomic mass is 16.5. The average Bonchev–Trinajstić information content (AvgIpc) is 2.53. The van der Waals surface area contributed by atoms with Crippen LogP contribution < -0.4 is 10.5 Å². The summed E-state index contributed by atoms with van der Waals surface area (Å²) >= 11 is 0. The second kappa shape index (κ2) is 7.25. The highest BCUT2D eigenvalue weighted by molar-refractivity contribution is 5.28. The molecule has 2 rings (SSSR count). The molecule has 0 spiro atoms. The summed E-state index contributed by atoms with van der Waals surface area (Å²) in [4.78, 5) is 0. The van der Waals surface area contributed by atoms with Crippen LogP contribution in [0, 0.1) is 0 Å². The topological polar surface area (TPSA) is 55.5 Å². The Bertz CT molecular complexity index is 535. The molecule has 21 heavy (non-hydrogen) atoms. The quantitative estimate of drug-likeness (QED) is 0.822. The Balaban J connectivity index is 1.84. The maximum atomic E-state index is 9.15. The van der Waals surface area contributed by atoms with Crippen LogP contribution in [0.5, 0.6) is 5.75 Å². The first-order valence-corrected chi connectivity index (χ1v) is 7.24. The zero-order valence-electron chi connectivity index (χ0n) is 12.5. The molecule has 0 heterocycles. The normalized spacial score (nSPS) is 13.7. The number of hydrogen-bond acceptors (Lipinski definition) is 3. The molecule has 2 aromatic carbocycles. The number of ether oxygens (including phenoxy) is 1. The van der Waals surface area contributed by atoms with E-state index in [1.807, 2.05) is 61.5 Å². The summed E-state index contributed by atoms with van der Waals surface area (Å²) in [5.41, 5.74) is 7.78. The summed E-state index contributed by atoms with van der Waals surface area (Å²) in [6.45, 7) is 2.45. The van der Waals surface area contributed by atoms with Crippen LogP contribution in [-0.4, -0.2) is 17.3 Å². The smallest absolute Gasteiger partial charge is 0.119 e. The second-order valence-electron chi connectivity index (χ2n) is 5.73. The van der Waals surface area contributed by atoms with E-state index >= 15 is 0 Å². The van der Waals surface area contributed by atoms with E-state index in [0.29, 0.717) is 6.61 Å². The fourth-order valence-corrected chi connectivity index (χ4v) is 2.00. The van der Waals surface area contributed by atoms with Gasteiger partial charge in [-0.15, -0.1) is 0 Å². The summed E-state index contributed by atoms with van der Waals surface area (Å²) in [5, 5.41) is 9.15. The van der Waals surface area contributed by atoms with Crippen LogP contribution in [0.3, 0.4) is 0 Å². The van der Waals surface area contributed by atoms with Crippen LogP contribution in [0.1, 0.15) is 24.5 Å². The molecule has 112 valence electrons. The SMILES string of the molecule is CC(N)(CO)CCc1ccc(OCc2ccccc2)cc1. The number of hydrogen-bond donors (Lipinski definition) is 2. The monoisotopic (exact) mass is 285 g/mol. The van der Waals surface area contributed by atoms with Gasteiger partial charge in [0, 0.05) is 5.54 Å². The van der Waals surface area contributed by atoms with E-state index < -0.39 is 5.54 Å². The summed E-state index contributed by atoms with van der Waals surface area (Å²) in [6.07, 6.45) is 1.61. The molecule has 3 nitrogen and oxygen atoms in total. The first kappa shape index (κ1) is 15.5. The van der Waals surface area contributed by atoms with Crippen molar-refractivity contribution < 1.29 is 9.84 Å². The van der Waals surface area contributed by atoms with Gasteiger partial charge in [0.1, 0.15) is 12.4 Å². The van der Waals surface area contributed by atoms with E-state index in [1.165, 1.54) is 5.56 Å². The number of rotatable bonds is 7.